The van der Waals surface area contributed by atoms with Crippen LogP contribution in [0.2, 0.25) is 0 Å². The first kappa shape index (κ1) is 22.7. The van der Waals surface area contributed by atoms with Crippen molar-refractivity contribution in [3.63, 3.8) is 0 Å². The Morgan fingerprint density at radius 1 is 1.31 bits per heavy atom. The van der Waals surface area contributed by atoms with Crippen LogP contribution in [0, 0.1) is 5.92 Å². The highest BCUT2D eigenvalue weighted by molar-refractivity contribution is 5.85. The molecule has 3 unspecified atom stereocenters. The van der Waals surface area contributed by atoms with Crippen LogP contribution < -0.4 is 15.8 Å². The van der Waals surface area contributed by atoms with Gasteiger partial charge in [0, 0.05) is 19.6 Å². The summed E-state index contributed by atoms with van der Waals surface area (Å²) >= 11 is 0. The molecule has 1 fully saturated rings. The Morgan fingerprint density at radius 2 is 1.92 bits per heavy atom. The van der Waals surface area contributed by atoms with Crippen LogP contribution in [0.25, 0.3) is 0 Å². The van der Waals surface area contributed by atoms with E-state index in [1.165, 1.54) is 0 Å². The quantitative estimate of drug-likeness (QED) is 0.715. The second-order valence-corrected chi connectivity index (χ2v) is 6.59. The zero-order valence-electron chi connectivity index (χ0n) is 15.9. The number of nitrogens with two attached hydrogens (primary N) is 1. The first-order chi connectivity index (χ1) is 12.1. The van der Waals surface area contributed by atoms with Gasteiger partial charge in [-0.05, 0) is 23.6 Å². The molecule has 0 aliphatic carbocycles. The topological polar surface area (TPSA) is 76.8 Å². The average Bonchev–Trinajstić information content (AvgIpc) is 2.68. The lowest BCUT2D eigenvalue weighted by Gasteiger charge is -2.35. The van der Waals surface area contributed by atoms with Crippen molar-refractivity contribution >= 4 is 18.3 Å². The zero-order chi connectivity index (χ0) is 18.2. The van der Waals surface area contributed by atoms with Crippen molar-refractivity contribution in [1.29, 1.82) is 0 Å². The predicted molar refractivity (Wildman–Crippen MR) is 106 cm³/mol. The van der Waals surface area contributed by atoms with E-state index in [-0.39, 0.29) is 30.3 Å². The molecule has 1 amide bonds. The van der Waals surface area contributed by atoms with E-state index in [1.807, 2.05) is 26.0 Å². The van der Waals surface area contributed by atoms with E-state index in [0.29, 0.717) is 19.8 Å². The normalized spacial score (nSPS) is 18.3. The molecule has 1 heterocycles. The Kier molecular flexibility index (Phi) is 9.94. The molecule has 0 spiro atoms. The molecule has 7 heteroatoms. The molecule has 6 nitrogen and oxygen atoms in total. The number of ether oxygens (including phenoxy) is 2. The summed E-state index contributed by atoms with van der Waals surface area (Å²) in [6.07, 6.45) is 0.889. The second kappa shape index (κ2) is 11.4. The fourth-order valence-electron chi connectivity index (χ4n) is 3.00. The Balaban J connectivity index is 0.00000338. The lowest BCUT2D eigenvalue weighted by Crippen LogP contribution is -2.48. The molecule has 0 aromatic heterocycles. The molecule has 3 N–H and O–H groups in total. The van der Waals surface area contributed by atoms with Gasteiger partial charge in [-0.3, -0.25) is 9.69 Å². The van der Waals surface area contributed by atoms with Crippen LogP contribution in [0.5, 0.6) is 5.75 Å². The van der Waals surface area contributed by atoms with E-state index in [0.717, 1.165) is 30.8 Å². The Bertz CT molecular complexity index is 535. The maximum Gasteiger partial charge on any atom is 0.237 e. The standard InChI is InChI=1S/C19H31N3O3.ClH/c1-4-14(2)18(20)19(23)21-13-17(22-9-11-25-12-10-22)15-5-7-16(24-3)8-6-15;/h5-8,14,17-18H,4,9-13,20H2,1-3H3,(H,21,23);1H. The van der Waals surface area contributed by atoms with Crippen LogP contribution in [0.1, 0.15) is 31.9 Å². The maximum absolute atomic E-state index is 12.4. The highest BCUT2D eigenvalue weighted by Gasteiger charge is 2.25. The van der Waals surface area contributed by atoms with Gasteiger partial charge in [-0.1, -0.05) is 32.4 Å². The third-order valence-corrected chi connectivity index (χ3v) is 5.02. The molecule has 148 valence electrons. The molecule has 0 saturated carbocycles. The monoisotopic (exact) mass is 385 g/mol. The van der Waals surface area contributed by atoms with Gasteiger partial charge in [-0.25, -0.2) is 0 Å². The molecule has 26 heavy (non-hydrogen) atoms. The highest BCUT2D eigenvalue weighted by Crippen LogP contribution is 2.23. The van der Waals surface area contributed by atoms with Crippen molar-refractivity contribution < 1.29 is 14.3 Å². The predicted octanol–water partition coefficient (Wildman–Crippen LogP) is 1.98. The molecule has 0 radical (unpaired) electrons. The number of benzene rings is 1. The van der Waals surface area contributed by atoms with Gasteiger partial charge < -0.3 is 20.5 Å². The Labute approximate surface area is 162 Å². The minimum absolute atomic E-state index is 0. The van der Waals surface area contributed by atoms with Crippen molar-refractivity contribution in [3.8, 4) is 5.75 Å². The Morgan fingerprint density at radius 3 is 2.46 bits per heavy atom. The number of carbonyl (C=O) groups is 1. The summed E-state index contributed by atoms with van der Waals surface area (Å²) in [5.74, 6) is 0.913. The summed E-state index contributed by atoms with van der Waals surface area (Å²) in [7, 11) is 1.66. The second-order valence-electron chi connectivity index (χ2n) is 6.59. The number of carbonyl (C=O) groups excluding carboxylic acids is 1. The molecular weight excluding hydrogens is 354 g/mol. The molecule has 1 saturated heterocycles. The summed E-state index contributed by atoms with van der Waals surface area (Å²) in [5, 5.41) is 3.04. The molecule has 0 bridgehead atoms. The minimum atomic E-state index is -0.466. The molecule has 2 rings (SSSR count). The average molecular weight is 386 g/mol. The summed E-state index contributed by atoms with van der Waals surface area (Å²) in [5.41, 5.74) is 7.20. The fraction of sp³-hybridized carbons (Fsp3) is 0.632. The van der Waals surface area contributed by atoms with Gasteiger partial charge in [0.15, 0.2) is 0 Å². The third kappa shape index (κ3) is 6.13. The van der Waals surface area contributed by atoms with Gasteiger partial charge >= 0.3 is 0 Å². The first-order valence-electron chi connectivity index (χ1n) is 9.05. The smallest absolute Gasteiger partial charge is 0.237 e. The Hall–Kier alpha value is -1.34. The van der Waals surface area contributed by atoms with Crippen LogP contribution >= 0.6 is 12.4 Å². The number of nitrogens with one attached hydrogen (secondary N) is 1. The number of methoxy groups -OCH3 is 1. The van der Waals surface area contributed by atoms with Gasteiger partial charge in [-0.15, -0.1) is 12.4 Å². The van der Waals surface area contributed by atoms with E-state index in [4.69, 9.17) is 15.2 Å². The number of hydrogen-bond acceptors (Lipinski definition) is 5. The van der Waals surface area contributed by atoms with Crippen molar-refractivity contribution in [3.05, 3.63) is 29.8 Å². The van der Waals surface area contributed by atoms with Gasteiger partial charge in [0.1, 0.15) is 5.75 Å². The van der Waals surface area contributed by atoms with Gasteiger partial charge in [-0.2, -0.15) is 0 Å². The molecule has 1 aromatic carbocycles. The van der Waals surface area contributed by atoms with E-state index in [9.17, 15) is 4.79 Å². The molecular formula is C19H32ClN3O3. The number of amides is 1. The number of rotatable bonds is 8. The van der Waals surface area contributed by atoms with Crippen LogP contribution in [0.4, 0.5) is 0 Å². The molecule has 1 aliphatic heterocycles. The summed E-state index contributed by atoms with van der Waals surface area (Å²) in [4.78, 5) is 14.7. The van der Waals surface area contributed by atoms with Crippen LogP contribution in [0.3, 0.4) is 0 Å². The fourth-order valence-corrected chi connectivity index (χ4v) is 3.00. The van der Waals surface area contributed by atoms with Crippen molar-refractivity contribution in [2.75, 3.05) is 40.0 Å². The lowest BCUT2D eigenvalue weighted by molar-refractivity contribution is -0.123. The van der Waals surface area contributed by atoms with Crippen molar-refractivity contribution in [2.24, 2.45) is 11.7 Å². The van der Waals surface area contributed by atoms with Crippen LogP contribution in [-0.2, 0) is 9.53 Å². The number of hydrogen-bond donors (Lipinski definition) is 2. The van der Waals surface area contributed by atoms with E-state index in [2.05, 4.69) is 22.3 Å². The molecule has 1 aromatic rings. The highest BCUT2D eigenvalue weighted by atomic mass is 35.5. The third-order valence-electron chi connectivity index (χ3n) is 5.02. The zero-order valence-corrected chi connectivity index (χ0v) is 16.8. The maximum atomic E-state index is 12.4. The first-order valence-corrected chi connectivity index (χ1v) is 9.05. The summed E-state index contributed by atoms with van der Waals surface area (Å²) in [6, 6.07) is 7.65. The van der Waals surface area contributed by atoms with Gasteiger partial charge in [0.2, 0.25) is 5.91 Å². The summed E-state index contributed by atoms with van der Waals surface area (Å²) in [6.45, 7) is 7.72. The van der Waals surface area contributed by atoms with Crippen LogP contribution in [-0.4, -0.2) is 56.8 Å². The number of morpholine rings is 1. The number of nitrogens with zero attached hydrogens (tertiary/aromatic N) is 1. The SMILES string of the molecule is CCC(C)C(N)C(=O)NCC(c1ccc(OC)cc1)N1CCOCC1.Cl. The molecule has 3 atom stereocenters. The van der Waals surface area contributed by atoms with Crippen molar-refractivity contribution in [1.82, 2.24) is 10.2 Å². The minimum Gasteiger partial charge on any atom is -0.497 e. The largest absolute Gasteiger partial charge is 0.497 e. The van der Waals surface area contributed by atoms with E-state index >= 15 is 0 Å². The summed E-state index contributed by atoms with van der Waals surface area (Å²) < 4.78 is 10.7. The van der Waals surface area contributed by atoms with Crippen LogP contribution in [0.15, 0.2) is 24.3 Å². The van der Waals surface area contributed by atoms with Crippen molar-refractivity contribution in [2.45, 2.75) is 32.4 Å². The van der Waals surface area contributed by atoms with E-state index in [1.54, 1.807) is 7.11 Å². The lowest BCUT2D eigenvalue weighted by atomic mass is 9.99. The van der Waals surface area contributed by atoms with E-state index < -0.39 is 6.04 Å². The van der Waals surface area contributed by atoms with Gasteiger partial charge in [0.05, 0.1) is 32.4 Å². The molecule has 1 aliphatic rings. The number of halogens is 1. The van der Waals surface area contributed by atoms with Gasteiger partial charge in [0.25, 0.3) is 0 Å².